The minimum atomic E-state index is -0.247. The van der Waals surface area contributed by atoms with Crippen molar-refractivity contribution in [2.24, 2.45) is 0 Å². The molecule has 70 valence electrons. The van der Waals surface area contributed by atoms with Crippen molar-refractivity contribution in [3.8, 4) is 0 Å². The zero-order chi connectivity index (χ0) is 8.97. The molecule has 0 aromatic heterocycles. The van der Waals surface area contributed by atoms with Gasteiger partial charge in [-0.15, -0.1) is 0 Å². The molecule has 0 aliphatic carbocycles. The van der Waals surface area contributed by atoms with E-state index in [9.17, 15) is 9.90 Å². The molecule has 0 aromatic rings. The number of piperidine rings is 1. The topological polar surface area (TPSA) is 52.6 Å². The summed E-state index contributed by atoms with van der Waals surface area (Å²) in [6.45, 7) is 1.96. The summed E-state index contributed by atoms with van der Waals surface area (Å²) in [5.41, 5.74) is 0. The van der Waals surface area contributed by atoms with Gasteiger partial charge in [0.25, 0.3) is 0 Å². The lowest BCUT2D eigenvalue weighted by Crippen LogP contribution is -2.43. The average Bonchev–Trinajstić information content (AvgIpc) is 2.04. The number of β-amino-alcohol motifs (C(OH)–C–C–N with tert-alkyl or cyclic N) is 1. The number of aliphatic hydroxyl groups excluding tert-OH is 1. The molecular weight excluding hydrogens is 156 g/mol. The summed E-state index contributed by atoms with van der Waals surface area (Å²) in [5.74, 6) is 0.0177. The Bertz CT molecular complexity index is 161. The predicted octanol–water partition coefficient (Wildman–Crippen LogP) is -0.811. The highest BCUT2D eigenvalue weighted by Crippen LogP contribution is 2.08. The first-order valence-electron chi connectivity index (χ1n) is 4.33. The summed E-state index contributed by atoms with van der Waals surface area (Å²) >= 11 is 0. The first-order chi connectivity index (χ1) is 5.72. The molecule has 1 fully saturated rings. The normalized spacial score (nSPS) is 25.3. The van der Waals surface area contributed by atoms with Crippen LogP contribution in [-0.4, -0.2) is 48.7 Å². The van der Waals surface area contributed by atoms with Crippen LogP contribution in [0.15, 0.2) is 0 Å². The summed E-state index contributed by atoms with van der Waals surface area (Å²) in [5, 5.41) is 11.9. The number of hydrogen-bond acceptors (Lipinski definition) is 3. The number of nitrogens with one attached hydrogen (secondary N) is 1. The van der Waals surface area contributed by atoms with Gasteiger partial charge in [-0.1, -0.05) is 0 Å². The van der Waals surface area contributed by atoms with Crippen LogP contribution in [0.25, 0.3) is 0 Å². The molecule has 0 aromatic carbocycles. The molecule has 0 unspecified atom stereocenters. The Morgan fingerprint density at radius 3 is 3.08 bits per heavy atom. The van der Waals surface area contributed by atoms with E-state index in [-0.39, 0.29) is 12.0 Å². The zero-order valence-corrected chi connectivity index (χ0v) is 7.42. The average molecular weight is 172 g/mol. The Kier molecular flexibility index (Phi) is 3.49. The zero-order valence-electron chi connectivity index (χ0n) is 7.42. The first kappa shape index (κ1) is 9.48. The molecule has 0 bridgehead atoms. The molecule has 1 heterocycles. The molecule has 4 nitrogen and oxygen atoms in total. The fraction of sp³-hybridized carbons (Fsp3) is 0.875. The second kappa shape index (κ2) is 4.42. The van der Waals surface area contributed by atoms with Gasteiger partial charge in [0.15, 0.2) is 0 Å². The third-order valence-corrected chi connectivity index (χ3v) is 2.13. The van der Waals surface area contributed by atoms with Crippen molar-refractivity contribution < 1.29 is 9.90 Å². The van der Waals surface area contributed by atoms with Gasteiger partial charge >= 0.3 is 0 Å². The minimum Gasteiger partial charge on any atom is -0.392 e. The highest BCUT2D eigenvalue weighted by Gasteiger charge is 2.18. The van der Waals surface area contributed by atoms with Crippen LogP contribution < -0.4 is 5.32 Å². The second-order valence-corrected chi connectivity index (χ2v) is 3.20. The summed E-state index contributed by atoms with van der Waals surface area (Å²) < 4.78 is 0. The number of likely N-dealkylation sites (N-methyl/N-ethyl adjacent to an activating group) is 1. The van der Waals surface area contributed by atoms with E-state index >= 15 is 0 Å². The van der Waals surface area contributed by atoms with E-state index in [0.29, 0.717) is 13.1 Å². The van der Waals surface area contributed by atoms with Crippen LogP contribution in [0, 0.1) is 0 Å². The van der Waals surface area contributed by atoms with E-state index < -0.39 is 0 Å². The molecule has 12 heavy (non-hydrogen) atoms. The van der Waals surface area contributed by atoms with Crippen LogP contribution in [-0.2, 0) is 4.79 Å². The molecule has 1 rings (SSSR count). The first-order valence-corrected chi connectivity index (χ1v) is 4.33. The van der Waals surface area contributed by atoms with Gasteiger partial charge in [0.2, 0.25) is 5.91 Å². The molecule has 1 aliphatic rings. The Morgan fingerprint density at radius 2 is 2.50 bits per heavy atom. The van der Waals surface area contributed by atoms with E-state index in [1.54, 1.807) is 7.05 Å². The van der Waals surface area contributed by atoms with Crippen LogP contribution in [0.5, 0.6) is 0 Å². The largest absolute Gasteiger partial charge is 0.392 e. The molecule has 0 spiro atoms. The number of amides is 1. The van der Waals surface area contributed by atoms with Crippen molar-refractivity contribution in [2.45, 2.75) is 18.9 Å². The molecule has 2 N–H and O–H groups in total. The van der Waals surface area contributed by atoms with Crippen molar-refractivity contribution in [1.29, 1.82) is 0 Å². The Hall–Kier alpha value is -0.610. The van der Waals surface area contributed by atoms with E-state index in [4.69, 9.17) is 0 Å². The highest BCUT2D eigenvalue weighted by molar-refractivity contribution is 5.77. The van der Waals surface area contributed by atoms with Crippen LogP contribution in [0.2, 0.25) is 0 Å². The van der Waals surface area contributed by atoms with Gasteiger partial charge in [0.1, 0.15) is 0 Å². The summed E-state index contributed by atoms with van der Waals surface area (Å²) in [6.07, 6.45) is 1.60. The van der Waals surface area contributed by atoms with Gasteiger partial charge < -0.3 is 10.4 Å². The van der Waals surface area contributed by atoms with Gasteiger partial charge in [-0.05, 0) is 19.4 Å². The summed E-state index contributed by atoms with van der Waals surface area (Å²) in [7, 11) is 1.63. The maximum absolute atomic E-state index is 11.0. The number of hydrogen-bond donors (Lipinski definition) is 2. The maximum Gasteiger partial charge on any atom is 0.233 e. The van der Waals surface area contributed by atoms with Gasteiger partial charge in [-0.3, -0.25) is 9.69 Å². The van der Waals surface area contributed by atoms with Crippen LogP contribution in [0.3, 0.4) is 0 Å². The van der Waals surface area contributed by atoms with Crippen molar-refractivity contribution in [3.63, 3.8) is 0 Å². The van der Waals surface area contributed by atoms with Crippen molar-refractivity contribution in [1.82, 2.24) is 10.2 Å². The number of carbonyl (C=O) groups is 1. The molecule has 1 amide bonds. The fourth-order valence-electron chi connectivity index (χ4n) is 1.46. The van der Waals surface area contributed by atoms with Crippen molar-refractivity contribution in [3.05, 3.63) is 0 Å². The smallest absolute Gasteiger partial charge is 0.233 e. The van der Waals surface area contributed by atoms with Crippen LogP contribution in [0.4, 0.5) is 0 Å². The Balaban J connectivity index is 2.27. The molecular formula is C8H16N2O2. The number of rotatable bonds is 2. The molecule has 4 heteroatoms. The van der Waals surface area contributed by atoms with Crippen LogP contribution >= 0.6 is 0 Å². The molecule has 0 radical (unpaired) electrons. The van der Waals surface area contributed by atoms with E-state index in [1.165, 1.54) is 0 Å². The SMILES string of the molecule is CNC(=O)CN1CCC[C@H](O)C1. The number of aliphatic hydroxyl groups is 1. The van der Waals surface area contributed by atoms with Crippen molar-refractivity contribution in [2.75, 3.05) is 26.7 Å². The van der Waals surface area contributed by atoms with E-state index in [1.807, 2.05) is 4.90 Å². The Morgan fingerprint density at radius 1 is 1.75 bits per heavy atom. The Labute approximate surface area is 72.6 Å². The maximum atomic E-state index is 11.0. The lowest BCUT2D eigenvalue weighted by Gasteiger charge is -2.28. The third-order valence-electron chi connectivity index (χ3n) is 2.13. The molecule has 1 saturated heterocycles. The van der Waals surface area contributed by atoms with E-state index in [2.05, 4.69) is 5.32 Å². The third kappa shape index (κ3) is 2.79. The number of nitrogens with zero attached hydrogens (tertiary/aromatic N) is 1. The lowest BCUT2D eigenvalue weighted by molar-refractivity contribution is -0.122. The highest BCUT2D eigenvalue weighted by atomic mass is 16.3. The van der Waals surface area contributed by atoms with Gasteiger partial charge in [-0.25, -0.2) is 0 Å². The van der Waals surface area contributed by atoms with Gasteiger partial charge in [-0.2, -0.15) is 0 Å². The molecule has 0 saturated carbocycles. The standard InChI is InChI=1S/C8H16N2O2/c1-9-8(12)6-10-4-2-3-7(11)5-10/h7,11H,2-6H2,1H3,(H,9,12)/t7-/m0/s1. The second-order valence-electron chi connectivity index (χ2n) is 3.20. The monoisotopic (exact) mass is 172 g/mol. The lowest BCUT2D eigenvalue weighted by atomic mass is 10.1. The van der Waals surface area contributed by atoms with Crippen molar-refractivity contribution >= 4 is 5.91 Å². The summed E-state index contributed by atoms with van der Waals surface area (Å²) in [6, 6.07) is 0. The molecule has 1 atom stereocenters. The van der Waals surface area contributed by atoms with Gasteiger partial charge in [0.05, 0.1) is 12.6 Å². The quantitative estimate of drug-likeness (QED) is 0.573. The fourth-order valence-corrected chi connectivity index (χ4v) is 1.46. The van der Waals surface area contributed by atoms with Gasteiger partial charge in [0, 0.05) is 13.6 Å². The molecule has 1 aliphatic heterocycles. The minimum absolute atomic E-state index is 0.0177. The number of likely N-dealkylation sites (tertiary alicyclic amines) is 1. The predicted molar refractivity (Wildman–Crippen MR) is 45.7 cm³/mol. The van der Waals surface area contributed by atoms with E-state index in [0.717, 1.165) is 19.4 Å². The number of carbonyl (C=O) groups excluding carboxylic acids is 1. The van der Waals surface area contributed by atoms with Crippen LogP contribution in [0.1, 0.15) is 12.8 Å². The summed E-state index contributed by atoms with van der Waals surface area (Å²) in [4.78, 5) is 12.9.